The SMILES string of the molecule is CCN(C)[C@@H](Cc1ccccc1)c1ccccc1. The van der Waals surface area contributed by atoms with E-state index >= 15 is 0 Å². The summed E-state index contributed by atoms with van der Waals surface area (Å²) in [5.74, 6) is 0. The Morgan fingerprint density at radius 1 is 0.889 bits per heavy atom. The van der Waals surface area contributed by atoms with Crippen molar-refractivity contribution in [3.05, 3.63) is 71.8 Å². The molecule has 94 valence electrons. The summed E-state index contributed by atoms with van der Waals surface area (Å²) in [6.07, 6.45) is 1.06. The predicted molar refractivity (Wildman–Crippen MR) is 77.6 cm³/mol. The van der Waals surface area contributed by atoms with Gasteiger partial charge < -0.3 is 0 Å². The van der Waals surface area contributed by atoms with Crippen molar-refractivity contribution in [1.82, 2.24) is 4.90 Å². The molecule has 0 spiro atoms. The second-order valence-corrected chi connectivity index (χ2v) is 4.69. The lowest BCUT2D eigenvalue weighted by atomic mass is 9.98. The molecule has 0 aromatic heterocycles. The van der Waals surface area contributed by atoms with Crippen LogP contribution in [0.5, 0.6) is 0 Å². The summed E-state index contributed by atoms with van der Waals surface area (Å²) in [5.41, 5.74) is 2.79. The fourth-order valence-electron chi connectivity index (χ4n) is 2.26. The van der Waals surface area contributed by atoms with Crippen LogP contribution in [0.15, 0.2) is 60.7 Å². The fourth-order valence-corrected chi connectivity index (χ4v) is 2.26. The zero-order valence-corrected chi connectivity index (χ0v) is 11.2. The van der Waals surface area contributed by atoms with E-state index in [1.54, 1.807) is 0 Å². The van der Waals surface area contributed by atoms with Crippen LogP contribution in [0.2, 0.25) is 0 Å². The highest BCUT2D eigenvalue weighted by Gasteiger charge is 2.15. The van der Waals surface area contributed by atoms with Gasteiger partial charge in [-0.15, -0.1) is 0 Å². The zero-order valence-electron chi connectivity index (χ0n) is 11.2. The molecule has 0 aliphatic rings. The first-order valence-electron chi connectivity index (χ1n) is 6.60. The van der Waals surface area contributed by atoms with E-state index in [1.807, 2.05) is 0 Å². The van der Waals surface area contributed by atoms with Crippen molar-refractivity contribution >= 4 is 0 Å². The average molecular weight is 239 g/mol. The van der Waals surface area contributed by atoms with E-state index in [9.17, 15) is 0 Å². The van der Waals surface area contributed by atoms with Gasteiger partial charge in [0.1, 0.15) is 0 Å². The maximum absolute atomic E-state index is 2.41. The Kier molecular flexibility index (Phi) is 4.54. The highest BCUT2D eigenvalue weighted by Crippen LogP contribution is 2.23. The van der Waals surface area contributed by atoms with Gasteiger partial charge in [-0.25, -0.2) is 0 Å². The van der Waals surface area contributed by atoms with E-state index < -0.39 is 0 Å². The van der Waals surface area contributed by atoms with Gasteiger partial charge in [-0.3, -0.25) is 4.90 Å². The number of likely N-dealkylation sites (N-methyl/N-ethyl adjacent to an activating group) is 1. The molecule has 0 bridgehead atoms. The van der Waals surface area contributed by atoms with E-state index in [0.717, 1.165) is 13.0 Å². The maximum Gasteiger partial charge on any atom is 0.0385 e. The van der Waals surface area contributed by atoms with Crippen molar-refractivity contribution in [3.8, 4) is 0 Å². The highest BCUT2D eigenvalue weighted by molar-refractivity contribution is 5.23. The molecule has 0 saturated carbocycles. The lowest BCUT2D eigenvalue weighted by molar-refractivity contribution is 0.256. The third kappa shape index (κ3) is 3.21. The van der Waals surface area contributed by atoms with Gasteiger partial charge in [-0.05, 0) is 31.1 Å². The molecule has 0 aliphatic carbocycles. The quantitative estimate of drug-likeness (QED) is 0.764. The molecule has 0 amide bonds. The lowest BCUT2D eigenvalue weighted by Crippen LogP contribution is -2.26. The van der Waals surface area contributed by atoms with E-state index in [2.05, 4.69) is 79.5 Å². The number of hydrogen-bond acceptors (Lipinski definition) is 1. The Balaban J connectivity index is 2.21. The number of rotatable bonds is 5. The summed E-state index contributed by atoms with van der Waals surface area (Å²) in [4.78, 5) is 2.41. The molecule has 0 heterocycles. The van der Waals surface area contributed by atoms with Gasteiger partial charge in [0.2, 0.25) is 0 Å². The van der Waals surface area contributed by atoms with Gasteiger partial charge in [0.25, 0.3) is 0 Å². The summed E-state index contributed by atoms with van der Waals surface area (Å²) in [5, 5.41) is 0. The summed E-state index contributed by atoms with van der Waals surface area (Å²) >= 11 is 0. The molecular formula is C17H21N. The van der Waals surface area contributed by atoms with Crippen LogP contribution in [-0.4, -0.2) is 18.5 Å². The molecule has 0 radical (unpaired) electrons. The summed E-state index contributed by atoms with van der Waals surface area (Å²) in [6.45, 7) is 3.27. The average Bonchev–Trinajstić information content (AvgIpc) is 2.46. The van der Waals surface area contributed by atoms with E-state index in [1.165, 1.54) is 11.1 Å². The maximum atomic E-state index is 2.41. The molecule has 0 fully saturated rings. The zero-order chi connectivity index (χ0) is 12.8. The standard InChI is InChI=1S/C17H21N/c1-3-18(2)17(16-12-8-5-9-13-16)14-15-10-6-4-7-11-15/h4-13,17H,3,14H2,1-2H3/t17-/m0/s1. The van der Waals surface area contributed by atoms with Crippen LogP contribution in [-0.2, 0) is 6.42 Å². The Morgan fingerprint density at radius 2 is 1.44 bits per heavy atom. The molecule has 2 aromatic rings. The lowest BCUT2D eigenvalue weighted by Gasteiger charge is -2.27. The number of nitrogens with zero attached hydrogens (tertiary/aromatic N) is 1. The van der Waals surface area contributed by atoms with E-state index in [0.29, 0.717) is 6.04 Å². The Morgan fingerprint density at radius 3 is 2.00 bits per heavy atom. The first-order chi connectivity index (χ1) is 8.81. The highest BCUT2D eigenvalue weighted by atomic mass is 15.1. The summed E-state index contributed by atoms with van der Waals surface area (Å²) < 4.78 is 0. The second-order valence-electron chi connectivity index (χ2n) is 4.69. The molecule has 1 atom stereocenters. The first-order valence-corrected chi connectivity index (χ1v) is 6.60. The Bertz CT molecular complexity index is 450. The number of hydrogen-bond donors (Lipinski definition) is 0. The normalized spacial score (nSPS) is 12.6. The number of benzene rings is 2. The van der Waals surface area contributed by atoms with Crippen LogP contribution in [0.4, 0.5) is 0 Å². The topological polar surface area (TPSA) is 3.24 Å². The molecule has 0 saturated heterocycles. The van der Waals surface area contributed by atoms with Crippen LogP contribution < -0.4 is 0 Å². The minimum absolute atomic E-state index is 0.457. The van der Waals surface area contributed by atoms with Gasteiger partial charge in [0.05, 0.1) is 0 Å². The summed E-state index contributed by atoms with van der Waals surface area (Å²) in [6, 6.07) is 21.9. The predicted octanol–water partition coefficient (Wildman–Crippen LogP) is 3.92. The van der Waals surface area contributed by atoms with Crippen LogP contribution in [0, 0.1) is 0 Å². The molecule has 0 aliphatic heterocycles. The smallest absolute Gasteiger partial charge is 0.0385 e. The van der Waals surface area contributed by atoms with Crippen molar-refractivity contribution in [2.24, 2.45) is 0 Å². The first kappa shape index (κ1) is 12.8. The third-order valence-electron chi connectivity index (χ3n) is 3.49. The van der Waals surface area contributed by atoms with Gasteiger partial charge >= 0.3 is 0 Å². The molecule has 0 unspecified atom stereocenters. The van der Waals surface area contributed by atoms with Gasteiger partial charge in [0, 0.05) is 6.04 Å². The summed E-state index contributed by atoms with van der Waals surface area (Å²) in [7, 11) is 2.20. The van der Waals surface area contributed by atoms with E-state index in [4.69, 9.17) is 0 Å². The molecule has 18 heavy (non-hydrogen) atoms. The van der Waals surface area contributed by atoms with Gasteiger partial charge in [-0.1, -0.05) is 67.6 Å². The largest absolute Gasteiger partial charge is 0.299 e. The van der Waals surface area contributed by atoms with Crippen molar-refractivity contribution < 1.29 is 0 Å². The molecular weight excluding hydrogens is 218 g/mol. The van der Waals surface area contributed by atoms with Crippen molar-refractivity contribution in [2.75, 3.05) is 13.6 Å². The van der Waals surface area contributed by atoms with Crippen LogP contribution in [0.25, 0.3) is 0 Å². The Hall–Kier alpha value is -1.60. The third-order valence-corrected chi connectivity index (χ3v) is 3.49. The fraction of sp³-hybridized carbons (Fsp3) is 0.294. The molecule has 1 heteroatoms. The van der Waals surface area contributed by atoms with E-state index in [-0.39, 0.29) is 0 Å². The Labute approximate surface area is 110 Å². The van der Waals surface area contributed by atoms with Gasteiger partial charge in [0.15, 0.2) is 0 Å². The van der Waals surface area contributed by atoms with Crippen molar-refractivity contribution in [2.45, 2.75) is 19.4 Å². The molecule has 2 rings (SSSR count). The van der Waals surface area contributed by atoms with Crippen LogP contribution >= 0.6 is 0 Å². The van der Waals surface area contributed by atoms with Gasteiger partial charge in [-0.2, -0.15) is 0 Å². The second kappa shape index (κ2) is 6.36. The minimum atomic E-state index is 0.457. The van der Waals surface area contributed by atoms with Crippen LogP contribution in [0.1, 0.15) is 24.1 Å². The van der Waals surface area contributed by atoms with Crippen molar-refractivity contribution in [1.29, 1.82) is 0 Å². The van der Waals surface area contributed by atoms with Crippen molar-refractivity contribution in [3.63, 3.8) is 0 Å². The molecule has 1 nitrogen and oxygen atoms in total. The molecule has 0 N–H and O–H groups in total. The monoisotopic (exact) mass is 239 g/mol. The molecule has 2 aromatic carbocycles. The minimum Gasteiger partial charge on any atom is -0.299 e. The van der Waals surface area contributed by atoms with Crippen LogP contribution in [0.3, 0.4) is 0 Å².